The SMILES string of the molecule is COc1ccc(-c2nc(CN(C)Cc3cccc(OC)c3OC)cs2)cc1OC. The monoisotopic (exact) mass is 414 g/mol. The quantitative estimate of drug-likeness (QED) is 0.515. The van der Waals surface area contributed by atoms with Gasteiger partial charge in [-0.2, -0.15) is 0 Å². The second-order valence-electron chi connectivity index (χ2n) is 6.54. The van der Waals surface area contributed by atoms with E-state index in [-0.39, 0.29) is 0 Å². The number of benzene rings is 2. The maximum Gasteiger partial charge on any atom is 0.165 e. The van der Waals surface area contributed by atoms with Crippen LogP contribution in [0.2, 0.25) is 0 Å². The predicted octanol–water partition coefficient (Wildman–Crippen LogP) is 4.48. The normalized spacial score (nSPS) is 10.8. The summed E-state index contributed by atoms with van der Waals surface area (Å²) in [4.78, 5) is 6.99. The van der Waals surface area contributed by atoms with E-state index in [1.807, 2.05) is 36.4 Å². The molecule has 154 valence electrons. The minimum Gasteiger partial charge on any atom is -0.493 e. The van der Waals surface area contributed by atoms with Crippen molar-refractivity contribution in [2.75, 3.05) is 35.5 Å². The number of hydrogen-bond donors (Lipinski definition) is 0. The van der Waals surface area contributed by atoms with Crippen molar-refractivity contribution in [1.82, 2.24) is 9.88 Å². The zero-order valence-electron chi connectivity index (χ0n) is 17.4. The standard InChI is InChI=1S/C22H26N2O4S/c1-24(12-16-7-6-8-19(26-3)21(16)28-5)13-17-14-29-22(23-17)15-9-10-18(25-2)20(11-15)27-4/h6-11,14H,12-13H2,1-5H3. The Morgan fingerprint density at radius 3 is 2.31 bits per heavy atom. The third kappa shape index (κ3) is 4.81. The molecule has 0 saturated heterocycles. The number of methoxy groups -OCH3 is 4. The number of thiazole rings is 1. The van der Waals surface area contributed by atoms with Crippen molar-refractivity contribution < 1.29 is 18.9 Å². The van der Waals surface area contributed by atoms with Gasteiger partial charge in [0.1, 0.15) is 5.01 Å². The summed E-state index contributed by atoms with van der Waals surface area (Å²) in [6, 6.07) is 11.8. The highest BCUT2D eigenvalue weighted by molar-refractivity contribution is 7.13. The summed E-state index contributed by atoms with van der Waals surface area (Å²) in [7, 11) is 8.64. The lowest BCUT2D eigenvalue weighted by molar-refractivity contribution is 0.301. The van der Waals surface area contributed by atoms with E-state index in [9.17, 15) is 0 Å². The van der Waals surface area contributed by atoms with Crippen molar-refractivity contribution in [3.8, 4) is 33.6 Å². The van der Waals surface area contributed by atoms with Gasteiger partial charge in [-0.05, 0) is 31.3 Å². The van der Waals surface area contributed by atoms with Crippen LogP contribution in [0, 0.1) is 0 Å². The van der Waals surface area contributed by atoms with Gasteiger partial charge in [-0.1, -0.05) is 12.1 Å². The Morgan fingerprint density at radius 2 is 1.62 bits per heavy atom. The number of para-hydroxylation sites is 1. The van der Waals surface area contributed by atoms with Crippen LogP contribution in [0.15, 0.2) is 41.8 Å². The zero-order valence-corrected chi connectivity index (χ0v) is 18.2. The molecule has 0 radical (unpaired) electrons. The molecule has 0 N–H and O–H groups in total. The van der Waals surface area contributed by atoms with E-state index < -0.39 is 0 Å². The molecule has 0 spiro atoms. The van der Waals surface area contributed by atoms with E-state index in [1.165, 1.54) is 0 Å². The summed E-state index contributed by atoms with van der Waals surface area (Å²) < 4.78 is 21.6. The van der Waals surface area contributed by atoms with Gasteiger partial charge in [0.2, 0.25) is 0 Å². The van der Waals surface area contributed by atoms with Crippen LogP contribution in [-0.4, -0.2) is 45.4 Å². The molecule has 0 fully saturated rings. The molecule has 0 unspecified atom stereocenters. The van der Waals surface area contributed by atoms with Crippen LogP contribution in [0.3, 0.4) is 0 Å². The van der Waals surface area contributed by atoms with Crippen LogP contribution in [0.1, 0.15) is 11.3 Å². The molecule has 1 aromatic heterocycles. The van der Waals surface area contributed by atoms with Crippen molar-refractivity contribution in [2.45, 2.75) is 13.1 Å². The largest absolute Gasteiger partial charge is 0.493 e. The molecule has 7 heteroatoms. The Labute approximate surface area is 175 Å². The summed E-state index contributed by atoms with van der Waals surface area (Å²) in [5, 5.41) is 3.04. The van der Waals surface area contributed by atoms with Gasteiger partial charge in [-0.15, -0.1) is 11.3 Å². The summed E-state index contributed by atoms with van der Waals surface area (Å²) in [6.07, 6.45) is 0. The van der Waals surface area contributed by atoms with Crippen LogP contribution in [0.25, 0.3) is 10.6 Å². The van der Waals surface area contributed by atoms with Crippen LogP contribution < -0.4 is 18.9 Å². The molecular formula is C22H26N2O4S. The number of nitrogens with zero attached hydrogens (tertiary/aromatic N) is 2. The third-order valence-electron chi connectivity index (χ3n) is 4.54. The molecule has 0 amide bonds. The van der Waals surface area contributed by atoms with E-state index in [1.54, 1.807) is 39.8 Å². The van der Waals surface area contributed by atoms with E-state index in [4.69, 9.17) is 23.9 Å². The molecule has 0 aliphatic carbocycles. The highest BCUT2D eigenvalue weighted by atomic mass is 32.1. The molecule has 6 nitrogen and oxygen atoms in total. The molecule has 3 rings (SSSR count). The zero-order chi connectivity index (χ0) is 20.8. The highest BCUT2D eigenvalue weighted by Gasteiger charge is 2.14. The van der Waals surface area contributed by atoms with Gasteiger partial charge in [0.15, 0.2) is 23.0 Å². The third-order valence-corrected chi connectivity index (χ3v) is 5.48. The number of ether oxygens (including phenoxy) is 4. The average molecular weight is 415 g/mol. The van der Waals surface area contributed by atoms with Crippen molar-refractivity contribution in [2.24, 2.45) is 0 Å². The Bertz CT molecular complexity index is 958. The highest BCUT2D eigenvalue weighted by Crippen LogP contribution is 2.34. The summed E-state index contributed by atoms with van der Waals surface area (Å²) in [5.41, 5.74) is 3.10. The minimum absolute atomic E-state index is 0.698. The maximum atomic E-state index is 5.53. The molecule has 0 atom stereocenters. The summed E-state index contributed by atoms with van der Waals surface area (Å²) in [5.74, 6) is 2.91. The second-order valence-corrected chi connectivity index (χ2v) is 7.40. The molecule has 29 heavy (non-hydrogen) atoms. The van der Waals surface area contributed by atoms with Gasteiger partial charge in [0, 0.05) is 29.6 Å². The Balaban J connectivity index is 1.72. The lowest BCUT2D eigenvalue weighted by atomic mass is 10.1. The first-order valence-electron chi connectivity index (χ1n) is 9.14. The van der Waals surface area contributed by atoms with Crippen LogP contribution >= 0.6 is 11.3 Å². The van der Waals surface area contributed by atoms with Crippen molar-refractivity contribution in [3.05, 3.63) is 53.0 Å². The summed E-state index contributed by atoms with van der Waals surface area (Å²) in [6.45, 7) is 1.45. The van der Waals surface area contributed by atoms with Crippen molar-refractivity contribution >= 4 is 11.3 Å². The average Bonchev–Trinajstić information content (AvgIpc) is 3.21. The fourth-order valence-corrected chi connectivity index (χ4v) is 3.99. The van der Waals surface area contributed by atoms with E-state index in [2.05, 4.69) is 17.3 Å². The number of aromatic nitrogens is 1. The molecule has 0 saturated carbocycles. The van der Waals surface area contributed by atoms with E-state index in [0.717, 1.165) is 46.4 Å². The Kier molecular flexibility index (Phi) is 6.95. The van der Waals surface area contributed by atoms with Gasteiger partial charge in [-0.25, -0.2) is 4.98 Å². The van der Waals surface area contributed by atoms with Crippen LogP contribution in [-0.2, 0) is 13.1 Å². The first-order valence-corrected chi connectivity index (χ1v) is 10.0. The smallest absolute Gasteiger partial charge is 0.165 e. The summed E-state index contributed by atoms with van der Waals surface area (Å²) >= 11 is 1.62. The van der Waals surface area contributed by atoms with Crippen molar-refractivity contribution in [1.29, 1.82) is 0 Å². The lowest BCUT2D eigenvalue weighted by Gasteiger charge is -2.18. The van der Waals surface area contributed by atoms with E-state index in [0.29, 0.717) is 11.5 Å². The van der Waals surface area contributed by atoms with Crippen LogP contribution in [0.5, 0.6) is 23.0 Å². The van der Waals surface area contributed by atoms with Gasteiger partial charge in [0.05, 0.1) is 34.1 Å². The molecule has 1 heterocycles. The fourth-order valence-electron chi connectivity index (χ4n) is 3.18. The van der Waals surface area contributed by atoms with E-state index >= 15 is 0 Å². The molecule has 0 aliphatic rings. The predicted molar refractivity (Wildman–Crippen MR) is 115 cm³/mol. The van der Waals surface area contributed by atoms with Crippen molar-refractivity contribution in [3.63, 3.8) is 0 Å². The van der Waals surface area contributed by atoms with Gasteiger partial charge < -0.3 is 18.9 Å². The number of hydrogen-bond acceptors (Lipinski definition) is 7. The lowest BCUT2D eigenvalue weighted by Crippen LogP contribution is -2.18. The molecule has 0 aliphatic heterocycles. The second kappa shape index (κ2) is 9.62. The fraction of sp³-hybridized carbons (Fsp3) is 0.318. The number of rotatable bonds is 9. The topological polar surface area (TPSA) is 53.1 Å². The van der Waals surface area contributed by atoms with Gasteiger partial charge in [-0.3, -0.25) is 4.90 Å². The maximum absolute atomic E-state index is 5.53. The Hall–Kier alpha value is -2.77. The van der Waals surface area contributed by atoms with Gasteiger partial charge >= 0.3 is 0 Å². The van der Waals surface area contributed by atoms with Gasteiger partial charge in [0.25, 0.3) is 0 Å². The molecule has 0 bridgehead atoms. The Morgan fingerprint density at radius 1 is 0.862 bits per heavy atom. The molecule has 3 aromatic rings. The first kappa shape index (κ1) is 21.0. The first-order chi connectivity index (χ1) is 14.1. The molecular weight excluding hydrogens is 388 g/mol. The molecule has 2 aromatic carbocycles. The van der Waals surface area contributed by atoms with Crippen LogP contribution in [0.4, 0.5) is 0 Å². The minimum atomic E-state index is 0.698.